The van der Waals surface area contributed by atoms with Crippen LogP contribution in [0.4, 0.5) is 0 Å². The van der Waals surface area contributed by atoms with E-state index in [1.54, 1.807) is 17.0 Å². The minimum absolute atomic E-state index is 0.0770. The van der Waals surface area contributed by atoms with Crippen LogP contribution < -0.4 is 4.74 Å². The van der Waals surface area contributed by atoms with Crippen LogP contribution in [0, 0.1) is 0 Å². The van der Waals surface area contributed by atoms with Gasteiger partial charge < -0.3 is 9.64 Å². The molecule has 0 spiro atoms. The van der Waals surface area contributed by atoms with Gasteiger partial charge in [0.2, 0.25) is 0 Å². The summed E-state index contributed by atoms with van der Waals surface area (Å²) < 4.78 is 6.08. The van der Waals surface area contributed by atoms with Crippen molar-refractivity contribution in [3.8, 4) is 5.75 Å². The molecule has 1 amide bonds. The van der Waals surface area contributed by atoms with E-state index < -0.39 is 0 Å². The summed E-state index contributed by atoms with van der Waals surface area (Å²) in [6, 6.07) is 5.31. The quantitative estimate of drug-likeness (QED) is 0.841. The number of hydrogen-bond donors (Lipinski definition) is 0. The Kier molecular flexibility index (Phi) is 4.01. The molecule has 0 unspecified atom stereocenters. The molecule has 0 aliphatic carbocycles. The monoisotopic (exact) mass is 311 g/mol. The molecule has 1 heterocycles. The summed E-state index contributed by atoms with van der Waals surface area (Å²) in [6.07, 6.45) is 0.898. The number of amides is 1. The van der Waals surface area contributed by atoms with Gasteiger partial charge in [-0.2, -0.15) is 0 Å². The fourth-order valence-electron chi connectivity index (χ4n) is 1.97. The van der Waals surface area contributed by atoms with Gasteiger partial charge in [-0.05, 0) is 18.2 Å². The Morgan fingerprint density at radius 3 is 2.61 bits per heavy atom. The molecule has 1 aromatic rings. The van der Waals surface area contributed by atoms with Crippen LogP contribution >= 0.6 is 15.9 Å². The predicted octanol–water partition coefficient (Wildman–Crippen LogP) is 2.26. The third kappa shape index (κ3) is 2.72. The first-order chi connectivity index (χ1) is 8.61. The maximum atomic E-state index is 12.3. The Labute approximate surface area is 114 Å². The zero-order valence-electron chi connectivity index (χ0n) is 10.1. The molecule has 1 aromatic carbocycles. The molecule has 0 bridgehead atoms. The highest BCUT2D eigenvalue weighted by atomic mass is 79.9. The number of carbonyl (C=O) groups is 2. The molecule has 1 aliphatic rings. The van der Waals surface area contributed by atoms with Crippen molar-refractivity contribution >= 4 is 27.6 Å². The van der Waals surface area contributed by atoms with Crippen LogP contribution in [0.2, 0.25) is 0 Å². The molecule has 0 aromatic heterocycles. The van der Waals surface area contributed by atoms with E-state index in [0.717, 1.165) is 4.47 Å². The van der Waals surface area contributed by atoms with Gasteiger partial charge in [0.25, 0.3) is 5.91 Å². The maximum Gasteiger partial charge on any atom is 0.257 e. The van der Waals surface area contributed by atoms with Crippen molar-refractivity contribution < 1.29 is 14.3 Å². The van der Waals surface area contributed by atoms with E-state index in [0.29, 0.717) is 37.2 Å². The maximum absolute atomic E-state index is 12.3. The molecule has 0 N–H and O–H groups in total. The minimum atomic E-state index is -0.0770. The third-order valence-corrected chi connectivity index (χ3v) is 3.50. The molecule has 1 aliphatic heterocycles. The number of piperidine rings is 1. The van der Waals surface area contributed by atoms with Crippen LogP contribution in [0.25, 0.3) is 0 Å². The summed E-state index contributed by atoms with van der Waals surface area (Å²) in [4.78, 5) is 25.2. The smallest absolute Gasteiger partial charge is 0.257 e. The number of hydrogen-bond acceptors (Lipinski definition) is 3. The van der Waals surface area contributed by atoms with Crippen molar-refractivity contribution in [3.05, 3.63) is 28.2 Å². The van der Waals surface area contributed by atoms with Crippen molar-refractivity contribution in [3.63, 3.8) is 0 Å². The lowest BCUT2D eigenvalue weighted by Crippen LogP contribution is -2.38. The molecule has 5 heteroatoms. The Bertz CT molecular complexity index is 477. The van der Waals surface area contributed by atoms with E-state index in [9.17, 15) is 9.59 Å². The van der Waals surface area contributed by atoms with Gasteiger partial charge in [-0.1, -0.05) is 15.9 Å². The lowest BCUT2D eigenvalue weighted by Gasteiger charge is -2.26. The zero-order valence-corrected chi connectivity index (χ0v) is 11.7. The second kappa shape index (κ2) is 5.52. The van der Waals surface area contributed by atoms with Crippen molar-refractivity contribution in [2.24, 2.45) is 0 Å². The molecule has 0 atom stereocenters. The molecule has 1 fully saturated rings. The first-order valence-corrected chi connectivity index (χ1v) is 6.55. The molecular weight excluding hydrogens is 298 g/mol. The number of benzene rings is 1. The van der Waals surface area contributed by atoms with Gasteiger partial charge in [0.15, 0.2) is 0 Å². The lowest BCUT2D eigenvalue weighted by atomic mass is 10.1. The fraction of sp³-hybridized carbons (Fsp3) is 0.385. The molecule has 1 saturated heterocycles. The van der Waals surface area contributed by atoms with Crippen LogP contribution in [-0.4, -0.2) is 36.8 Å². The SMILES string of the molecule is COc1cc(Br)ccc1C(=O)N1CCC(=O)CC1. The average molecular weight is 312 g/mol. The fourth-order valence-corrected chi connectivity index (χ4v) is 2.31. The molecule has 4 nitrogen and oxygen atoms in total. The number of ketones is 1. The number of methoxy groups -OCH3 is 1. The first-order valence-electron chi connectivity index (χ1n) is 5.76. The van der Waals surface area contributed by atoms with Crippen molar-refractivity contribution in [2.75, 3.05) is 20.2 Å². The zero-order chi connectivity index (χ0) is 13.1. The van der Waals surface area contributed by atoms with Gasteiger partial charge in [-0.25, -0.2) is 0 Å². The van der Waals surface area contributed by atoms with Crippen LogP contribution in [0.1, 0.15) is 23.2 Å². The van der Waals surface area contributed by atoms with Gasteiger partial charge >= 0.3 is 0 Å². The van der Waals surface area contributed by atoms with Crippen LogP contribution in [0.3, 0.4) is 0 Å². The Balaban J connectivity index is 2.20. The Morgan fingerprint density at radius 1 is 1.33 bits per heavy atom. The number of rotatable bonds is 2. The topological polar surface area (TPSA) is 46.6 Å². The average Bonchev–Trinajstić information content (AvgIpc) is 2.38. The van der Waals surface area contributed by atoms with Gasteiger partial charge in [0.1, 0.15) is 11.5 Å². The number of likely N-dealkylation sites (tertiary alicyclic amines) is 1. The highest BCUT2D eigenvalue weighted by molar-refractivity contribution is 9.10. The number of nitrogens with zero attached hydrogens (tertiary/aromatic N) is 1. The summed E-state index contributed by atoms with van der Waals surface area (Å²) >= 11 is 3.34. The minimum Gasteiger partial charge on any atom is -0.496 e. The Hall–Kier alpha value is -1.36. The summed E-state index contributed by atoms with van der Waals surface area (Å²) in [5.74, 6) is 0.694. The summed E-state index contributed by atoms with van der Waals surface area (Å²) in [6.45, 7) is 0.994. The van der Waals surface area contributed by atoms with Crippen molar-refractivity contribution in [2.45, 2.75) is 12.8 Å². The molecule has 0 saturated carbocycles. The van der Waals surface area contributed by atoms with E-state index >= 15 is 0 Å². The lowest BCUT2D eigenvalue weighted by molar-refractivity contribution is -0.120. The molecule has 18 heavy (non-hydrogen) atoms. The highest BCUT2D eigenvalue weighted by Gasteiger charge is 2.24. The standard InChI is InChI=1S/C13H14BrNO3/c1-18-12-8-9(14)2-3-11(12)13(17)15-6-4-10(16)5-7-15/h2-3,8H,4-7H2,1H3. The Morgan fingerprint density at radius 2 is 2.00 bits per heavy atom. The van der Waals surface area contributed by atoms with Crippen molar-refractivity contribution in [1.82, 2.24) is 4.90 Å². The second-order valence-electron chi connectivity index (χ2n) is 4.18. The molecule has 2 rings (SSSR count). The van der Waals surface area contributed by atoms with Gasteiger partial charge in [-0.3, -0.25) is 9.59 Å². The molecule has 0 radical (unpaired) electrons. The van der Waals surface area contributed by atoms with E-state index in [1.807, 2.05) is 6.07 Å². The summed E-state index contributed by atoms with van der Waals surface area (Å²) in [5.41, 5.74) is 0.537. The number of Topliss-reactive ketones (excluding diaryl/α,β-unsaturated/α-hetero) is 1. The highest BCUT2D eigenvalue weighted by Crippen LogP contribution is 2.25. The molecule has 96 valence electrons. The third-order valence-electron chi connectivity index (χ3n) is 3.00. The number of ether oxygens (including phenoxy) is 1. The van der Waals surface area contributed by atoms with Gasteiger partial charge in [-0.15, -0.1) is 0 Å². The largest absolute Gasteiger partial charge is 0.496 e. The van der Waals surface area contributed by atoms with Gasteiger partial charge in [0.05, 0.1) is 12.7 Å². The number of carbonyl (C=O) groups excluding carboxylic acids is 2. The van der Waals surface area contributed by atoms with Crippen LogP contribution in [0.5, 0.6) is 5.75 Å². The summed E-state index contributed by atoms with van der Waals surface area (Å²) in [5, 5.41) is 0. The van der Waals surface area contributed by atoms with Crippen molar-refractivity contribution in [1.29, 1.82) is 0 Å². The first kappa shape index (κ1) is 13.1. The van der Waals surface area contributed by atoms with E-state index in [2.05, 4.69) is 15.9 Å². The van der Waals surface area contributed by atoms with Crippen LogP contribution in [-0.2, 0) is 4.79 Å². The predicted molar refractivity (Wildman–Crippen MR) is 70.8 cm³/mol. The molecular formula is C13H14BrNO3. The number of halogens is 1. The summed E-state index contributed by atoms with van der Waals surface area (Å²) in [7, 11) is 1.54. The van der Waals surface area contributed by atoms with E-state index in [-0.39, 0.29) is 11.7 Å². The van der Waals surface area contributed by atoms with Gasteiger partial charge in [0, 0.05) is 30.4 Å². The normalized spacial score (nSPS) is 15.7. The second-order valence-corrected chi connectivity index (χ2v) is 5.09. The van der Waals surface area contributed by atoms with E-state index in [1.165, 1.54) is 7.11 Å². The van der Waals surface area contributed by atoms with E-state index in [4.69, 9.17) is 4.74 Å². The van der Waals surface area contributed by atoms with Crippen LogP contribution in [0.15, 0.2) is 22.7 Å².